The molecule has 2 heterocycles. The lowest BCUT2D eigenvalue weighted by Gasteiger charge is -2.35. The van der Waals surface area contributed by atoms with Crippen LogP contribution in [0.4, 0.5) is 30.6 Å². The normalized spacial score (nSPS) is 17.4. The summed E-state index contributed by atoms with van der Waals surface area (Å²) in [4.78, 5) is 28.2. The molecule has 9 heteroatoms. The Balaban J connectivity index is 1.28. The molecule has 2 aliphatic rings. The third-order valence-corrected chi connectivity index (χ3v) is 7.51. The summed E-state index contributed by atoms with van der Waals surface area (Å²) in [5, 5.41) is 8.18. The molecule has 1 atom stereocenters. The van der Waals surface area contributed by atoms with E-state index in [4.69, 9.17) is 4.74 Å². The number of nitrogens with one attached hydrogen (secondary N) is 3. The van der Waals surface area contributed by atoms with Gasteiger partial charge in [-0.2, -0.15) is 0 Å². The number of urea groups is 1. The Hall–Kier alpha value is -3.98. The molecule has 3 aromatic carbocycles. The first kappa shape index (κ1) is 27.6. The van der Waals surface area contributed by atoms with Crippen LogP contribution in [0.15, 0.2) is 66.7 Å². The van der Waals surface area contributed by atoms with Crippen molar-refractivity contribution in [1.82, 2.24) is 5.32 Å². The fourth-order valence-electron chi connectivity index (χ4n) is 5.37. The van der Waals surface area contributed by atoms with Crippen LogP contribution >= 0.6 is 0 Å². The molecule has 0 aliphatic carbocycles. The van der Waals surface area contributed by atoms with Crippen molar-refractivity contribution in [1.29, 1.82) is 0 Å². The van der Waals surface area contributed by atoms with Gasteiger partial charge in [0.25, 0.3) is 5.91 Å². The Bertz CT molecular complexity index is 1320. The van der Waals surface area contributed by atoms with Crippen molar-refractivity contribution in [2.24, 2.45) is 5.92 Å². The highest BCUT2D eigenvalue weighted by molar-refractivity contribution is 6.04. The van der Waals surface area contributed by atoms with Crippen molar-refractivity contribution in [2.75, 3.05) is 41.8 Å². The van der Waals surface area contributed by atoms with Crippen molar-refractivity contribution in [3.63, 3.8) is 0 Å². The molecule has 40 heavy (non-hydrogen) atoms. The Kier molecular flexibility index (Phi) is 8.91. The second-order valence-electron chi connectivity index (χ2n) is 10.4. The predicted octanol–water partition coefficient (Wildman–Crippen LogP) is 5.98. The van der Waals surface area contributed by atoms with E-state index < -0.39 is 17.7 Å². The fourth-order valence-corrected chi connectivity index (χ4v) is 5.37. The second kappa shape index (κ2) is 12.9. The van der Waals surface area contributed by atoms with E-state index in [0.29, 0.717) is 30.3 Å². The van der Waals surface area contributed by atoms with Gasteiger partial charge in [0, 0.05) is 49.4 Å². The maximum atomic E-state index is 13.5. The molecule has 3 N–H and O–H groups in total. The molecule has 0 unspecified atom stereocenters. The van der Waals surface area contributed by atoms with Crippen LogP contribution in [0.5, 0.6) is 0 Å². The molecule has 3 amide bonds. The van der Waals surface area contributed by atoms with Gasteiger partial charge in [0.2, 0.25) is 0 Å². The highest BCUT2D eigenvalue weighted by Gasteiger charge is 2.25. The van der Waals surface area contributed by atoms with Crippen LogP contribution in [0.25, 0.3) is 0 Å². The number of amides is 3. The number of rotatable bonds is 8. The zero-order chi connectivity index (χ0) is 27.9. The average molecular weight is 549 g/mol. The van der Waals surface area contributed by atoms with E-state index >= 15 is 0 Å². The summed E-state index contributed by atoms with van der Waals surface area (Å²) >= 11 is 0. The maximum absolute atomic E-state index is 13.5. The van der Waals surface area contributed by atoms with Gasteiger partial charge in [0.15, 0.2) is 11.6 Å². The first-order chi connectivity index (χ1) is 19.4. The SMILES string of the molecule is O=C(Nc1ccc(F)c(F)c1)Nc1ccc(N2CCC(Cc3ccccc3)CC2)c(C(=O)NC[C@@H]2CCCO2)c1. The minimum absolute atomic E-state index is 0.00400. The van der Waals surface area contributed by atoms with E-state index in [9.17, 15) is 18.4 Å². The second-order valence-corrected chi connectivity index (χ2v) is 10.4. The fraction of sp³-hybridized carbons (Fsp3) is 0.355. The van der Waals surface area contributed by atoms with Gasteiger partial charge < -0.3 is 25.6 Å². The van der Waals surface area contributed by atoms with Gasteiger partial charge in [-0.05, 0) is 73.9 Å². The molecule has 3 aromatic rings. The highest BCUT2D eigenvalue weighted by atomic mass is 19.2. The van der Waals surface area contributed by atoms with Crippen LogP contribution in [-0.2, 0) is 11.2 Å². The van der Waals surface area contributed by atoms with Crippen molar-refractivity contribution in [3.05, 3.63) is 89.5 Å². The van der Waals surface area contributed by atoms with E-state index in [1.165, 1.54) is 11.6 Å². The minimum atomic E-state index is -1.06. The summed E-state index contributed by atoms with van der Waals surface area (Å²) in [6, 6.07) is 18.2. The molecule has 2 saturated heterocycles. The minimum Gasteiger partial charge on any atom is -0.376 e. The van der Waals surface area contributed by atoms with E-state index in [2.05, 4.69) is 45.1 Å². The number of benzene rings is 3. The average Bonchev–Trinajstić information content (AvgIpc) is 3.49. The third-order valence-electron chi connectivity index (χ3n) is 7.51. The van der Waals surface area contributed by atoms with E-state index in [1.54, 1.807) is 12.1 Å². The lowest BCUT2D eigenvalue weighted by Crippen LogP contribution is -2.37. The van der Waals surface area contributed by atoms with Gasteiger partial charge >= 0.3 is 6.03 Å². The number of hydrogen-bond donors (Lipinski definition) is 3. The van der Waals surface area contributed by atoms with E-state index in [-0.39, 0.29) is 17.7 Å². The lowest BCUT2D eigenvalue weighted by molar-refractivity contribution is 0.0858. The standard InChI is InChI=1S/C31H34F2N4O3/c32-27-10-8-24(19-28(27)33)36-31(39)35-23-9-11-29(26(18-23)30(38)34-20-25-7-4-16-40-25)37-14-12-22(13-15-37)17-21-5-2-1-3-6-21/h1-3,5-6,8-11,18-19,22,25H,4,7,12-17,20H2,(H,34,38)(H2,35,36,39)/t25-/m0/s1. The largest absolute Gasteiger partial charge is 0.376 e. The summed E-state index contributed by atoms with van der Waals surface area (Å²) in [7, 11) is 0. The summed E-state index contributed by atoms with van der Waals surface area (Å²) < 4.78 is 32.4. The van der Waals surface area contributed by atoms with Gasteiger partial charge in [-0.3, -0.25) is 4.79 Å². The van der Waals surface area contributed by atoms with Crippen LogP contribution in [0.1, 0.15) is 41.6 Å². The molecule has 5 rings (SSSR count). The van der Waals surface area contributed by atoms with Gasteiger partial charge in [-0.1, -0.05) is 30.3 Å². The number of ether oxygens (including phenoxy) is 1. The highest BCUT2D eigenvalue weighted by Crippen LogP contribution is 2.30. The number of hydrogen-bond acceptors (Lipinski definition) is 4. The molecule has 0 spiro atoms. The first-order valence-corrected chi connectivity index (χ1v) is 13.8. The van der Waals surface area contributed by atoms with Crippen LogP contribution in [0, 0.1) is 17.6 Å². The van der Waals surface area contributed by atoms with Crippen LogP contribution < -0.4 is 20.9 Å². The van der Waals surface area contributed by atoms with Crippen LogP contribution in [0.2, 0.25) is 0 Å². The molecular formula is C31H34F2N4O3. The maximum Gasteiger partial charge on any atom is 0.323 e. The van der Waals surface area contributed by atoms with E-state index in [0.717, 1.165) is 63.0 Å². The Morgan fingerprint density at radius 2 is 1.60 bits per heavy atom. The molecule has 0 aromatic heterocycles. The molecule has 2 fully saturated rings. The van der Waals surface area contributed by atoms with Crippen molar-refractivity contribution < 1.29 is 23.1 Å². The zero-order valence-corrected chi connectivity index (χ0v) is 22.3. The third kappa shape index (κ3) is 7.15. The number of halogens is 2. The Labute approximate surface area is 232 Å². The Morgan fingerprint density at radius 3 is 2.30 bits per heavy atom. The lowest BCUT2D eigenvalue weighted by atomic mass is 9.89. The zero-order valence-electron chi connectivity index (χ0n) is 22.3. The predicted molar refractivity (Wildman–Crippen MR) is 152 cm³/mol. The molecule has 2 aliphatic heterocycles. The number of piperidine rings is 1. The van der Waals surface area contributed by atoms with Gasteiger partial charge in [-0.15, -0.1) is 0 Å². The number of carbonyl (C=O) groups excluding carboxylic acids is 2. The molecule has 7 nitrogen and oxygen atoms in total. The van der Waals surface area contributed by atoms with Crippen LogP contribution in [0.3, 0.4) is 0 Å². The summed E-state index contributed by atoms with van der Waals surface area (Å²) in [5.74, 6) is -1.71. The molecular weight excluding hydrogens is 514 g/mol. The van der Waals surface area contributed by atoms with Crippen molar-refractivity contribution in [2.45, 2.75) is 38.2 Å². The van der Waals surface area contributed by atoms with Crippen LogP contribution in [-0.4, -0.2) is 44.3 Å². The number of carbonyl (C=O) groups is 2. The van der Waals surface area contributed by atoms with Crippen molar-refractivity contribution >= 4 is 29.0 Å². The quantitative estimate of drug-likeness (QED) is 0.324. The molecule has 210 valence electrons. The monoisotopic (exact) mass is 548 g/mol. The smallest absolute Gasteiger partial charge is 0.323 e. The summed E-state index contributed by atoms with van der Waals surface area (Å²) in [6.45, 7) is 2.78. The topological polar surface area (TPSA) is 82.7 Å². The Morgan fingerprint density at radius 1 is 0.875 bits per heavy atom. The van der Waals surface area contributed by atoms with Gasteiger partial charge in [-0.25, -0.2) is 13.6 Å². The van der Waals surface area contributed by atoms with Crippen molar-refractivity contribution in [3.8, 4) is 0 Å². The summed E-state index contributed by atoms with van der Waals surface area (Å²) in [6.07, 6.45) is 4.97. The number of anilines is 3. The summed E-state index contributed by atoms with van der Waals surface area (Å²) in [5.41, 5.74) is 3.14. The van der Waals surface area contributed by atoms with Gasteiger partial charge in [0.05, 0.1) is 11.7 Å². The van der Waals surface area contributed by atoms with E-state index in [1.807, 2.05) is 12.1 Å². The molecule has 0 saturated carbocycles. The first-order valence-electron chi connectivity index (χ1n) is 13.8. The number of nitrogens with zero attached hydrogens (tertiary/aromatic N) is 1. The molecule has 0 radical (unpaired) electrons. The molecule has 0 bridgehead atoms. The van der Waals surface area contributed by atoms with Gasteiger partial charge in [0.1, 0.15) is 0 Å².